The lowest BCUT2D eigenvalue weighted by Crippen LogP contribution is -2.39. The summed E-state index contributed by atoms with van der Waals surface area (Å²) in [5.74, 6) is 0. The van der Waals surface area contributed by atoms with Crippen LogP contribution in [0.25, 0.3) is 0 Å². The Balaban J connectivity index is 1.90. The summed E-state index contributed by atoms with van der Waals surface area (Å²) >= 11 is 0. The summed E-state index contributed by atoms with van der Waals surface area (Å²) in [4.78, 5) is 0. The Morgan fingerprint density at radius 1 is 1.32 bits per heavy atom. The van der Waals surface area contributed by atoms with Crippen molar-refractivity contribution in [3.63, 3.8) is 0 Å². The molecule has 1 fully saturated rings. The van der Waals surface area contributed by atoms with Crippen molar-refractivity contribution in [2.75, 3.05) is 18.4 Å². The van der Waals surface area contributed by atoms with Crippen LogP contribution in [0.4, 0.5) is 5.69 Å². The van der Waals surface area contributed by atoms with Gasteiger partial charge in [-0.05, 0) is 50.9 Å². The third kappa shape index (κ3) is 3.71. The second-order valence-corrected chi connectivity index (χ2v) is 5.84. The van der Waals surface area contributed by atoms with Crippen LogP contribution in [0.5, 0.6) is 0 Å². The van der Waals surface area contributed by atoms with Gasteiger partial charge in [-0.3, -0.25) is 0 Å². The van der Waals surface area contributed by atoms with Gasteiger partial charge in [-0.2, -0.15) is 5.26 Å². The second kappa shape index (κ2) is 6.08. The van der Waals surface area contributed by atoms with Gasteiger partial charge in [0.15, 0.2) is 0 Å². The maximum absolute atomic E-state index is 9.12. The van der Waals surface area contributed by atoms with Gasteiger partial charge >= 0.3 is 0 Å². The third-order valence-corrected chi connectivity index (χ3v) is 3.85. The van der Waals surface area contributed by atoms with Crippen LogP contribution >= 0.6 is 0 Å². The second-order valence-electron chi connectivity index (χ2n) is 5.84. The number of rotatable bonds is 4. The average Bonchev–Trinajstić information content (AvgIpc) is 2.47. The molecule has 0 bridgehead atoms. The van der Waals surface area contributed by atoms with E-state index in [9.17, 15) is 0 Å². The minimum Gasteiger partial charge on any atom is -0.383 e. The Morgan fingerprint density at radius 3 is 2.63 bits per heavy atom. The van der Waals surface area contributed by atoms with Gasteiger partial charge in [-0.1, -0.05) is 18.6 Å². The number of piperidine rings is 1. The van der Waals surface area contributed by atoms with E-state index in [4.69, 9.17) is 5.26 Å². The molecule has 1 aromatic rings. The van der Waals surface area contributed by atoms with Gasteiger partial charge in [0.1, 0.15) is 0 Å². The molecule has 0 spiro atoms. The predicted molar refractivity (Wildman–Crippen MR) is 79.2 cm³/mol. The molecule has 1 aliphatic heterocycles. The Hall–Kier alpha value is -1.53. The van der Waals surface area contributed by atoms with Crippen molar-refractivity contribution in [1.82, 2.24) is 5.32 Å². The number of anilines is 1. The smallest absolute Gasteiger partial charge is 0.0766 e. The van der Waals surface area contributed by atoms with Gasteiger partial charge in [0.25, 0.3) is 0 Å². The topological polar surface area (TPSA) is 47.9 Å². The van der Waals surface area contributed by atoms with Crippen LogP contribution < -0.4 is 10.6 Å². The van der Waals surface area contributed by atoms with Crippen LogP contribution in [0.1, 0.15) is 38.7 Å². The minimum atomic E-state index is -0.413. The van der Waals surface area contributed by atoms with Crippen LogP contribution in [-0.4, -0.2) is 19.1 Å². The third-order valence-electron chi connectivity index (χ3n) is 3.85. The highest BCUT2D eigenvalue weighted by Gasteiger charge is 2.19. The van der Waals surface area contributed by atoms with Crippen LogP contribution in [0, 0.1) is 11.3 Å². The minimum absolute atomic E-state index is 0.413. The first kappa shape index (κ1) is 13.9. The quantitative estimate of drug-likeness (QED) is 0.871. The van der Waals surface area contributed by atoms with Crippen LogP contribution in [0.15, 0.2) is 24.3 Å². The molecule has 2 N–H and O–H groups in total. The summed E-state index contributed by atoms with van der Waals surface area (Å²) in [5, 5.41) is 16.1. The number of hydrogen-bond donors (Lipinski definition) is 2. The van der Waals surface area contributed by atoms with Gasteiger partial charge in [0.05, 0.1) is 11.5 Å². The van der Waals surface area contributed by atoms with Gasteiger partial charge in [-0.15, -0.1) is 0 Å². The Labute approximate surface area is 116 Å². The molecule has 1 unspecified atom stereocenters. The molecule has 1 atom stereocenters. The molecule has 19 heavy (non-hydrogen) atoms. The molecule has 0 saturated carbocycles. The zero-order valence-electron chi connectivity index (χ0n) is 11.9. The highest BCUT2D eigenvalue weighted by molar-refractivity contribution is 5.47. The van der Waals surface area contributed by atoms with E-state index in [0.717, 1.165) is 24.3 Å². The fourth-order valence-corrected chi connectivity index (χ4v) is 2.41. The van der Waals surface area contributed by atoms with E-state index in [1.165, 1.54) is 19.3 Å². The molecule has 2 rings (SSSR count). The Bertz CT molecular complexity index is 436. The van der Waals surface area contributed by atoms with Crippen LogP contribution in [0.2, 0.25) is 0 Å². The molecule has 3 nitrogen and oxygen atoms in total. The summed E-state index contributed by atoms with van der Waals surface area (Å²) in [5.41, 5.74) is 1.78. The summed E-state index contributed by atoms with van der Waals surface area (Å²) in [6.45, 7) is 6.01. The first-order valence-corrected chi connectivity index (χ1v) is 7.11. The molecule has 1 heterocycles. The molecule has 0 aromatic heterocycles. The fraction of sp³-hybridized carbons (Fsp3) is 0.562. The molecule has 1 saturated heterocycles. The van der Waals surface area contributed by atoms with Gasteiger partial charge < -0.3 is 10.6 Å². The molecule has 0 amide bonds. The Morgan fingerprint density at radius 2 is 2.05 bits per heavy atom. The molecule has 0 aliphatic carbocycles. The van der Waals surface area contributed by atoms with E-state index >= 15 is 0 Å². The number of benzene rings is 1. The first-order valence-electron chi connectivity index (χ1n) is 7.11. The summed E-state index contributed by atoms with van der Waals surface area (Å²) in [7, 11) is 0. The number of nitriles is 1. The van der Waals surface area contributed by atoms with Crippen molar-refractivity contribution >= 4 is 5.69 Å². The molecule has 3 heteroatoms. The Kier molecular flexibility index (Phi) is 4.44. The number of nitrogens with one attached hydrogen (secondary N) is 2. The molecule has 1 aliphatic rings. The lowest BCUT2D eigenvalue weighted by molar-refractivity contribution is 0.414. The molecular weight excluding hydrogens is 234 g/mol. The van der Waals surface area contributed by atoms with E-state index in [1.54, 1.807) is 0 Å². The molecule has 102 valence electrons. The highest BCUT2D eigenvalue weighted by Crippen LogP contribution is 2.23. The van der Waals surface area contributed by atoms with E-state index in [2.05, 4.69) is 28.8 Å². The van der Waals surface area contributed by atoms with E-state index in [0.29, 0.717) is 6.04 Å². The maximum atomic E-state index is 9.12. The van der Waals surface area contributed by atoms with Crippen molar-refractivity contribution in [3.8, 4) is 6.07 Å². The highest BCUT2D eigenvalue weighted by atomic mass is 15.0. The lowest BCUT2D eigenvalue weighted by atomic mass is 9.86. The summed E-state index contributed by atoms with van der Waals surface area (Å²) in [6.07, 6.45) is 3.88. The van der Waals surface area contributed by atoms with Crippen LogP contribution in [-0.2, 0) is 5.41 Å². The van der Waals surface area contributed by atoms with Gasteiger partial charge in [-0.25, -0.2) is 0 Å². The summed E-state index contributed by atoms with van der Waals surface area (Å²) < 4.78 is 0. The molecule has 0 radical (unpaired) electrons. The van der Waals surface area contributed by atoms with Crippen molar-refractivity contribution in [2.45, 2.75) is 44.6 Å². The monoisotopic (exact) mass is 257 g/mol. The van der Waals surface area contributed by atoms with Gasteiger partial charge in [0.2, 0.25) is 0 Å². The standard InChI is InChI=1S/C16H23N3/c1-16(2,12-17)13-6-8-14(9-7-13)19-11-15-5-3-4-10-18-15/h6-9,15,18-19H,3-5,10-11H2,1-2H3. The molecule has 1 aromatic carbocycles. The fourth-order valence-electron chi connectivity index (χ4n) is 2.41. The molecular formula is C16H23N3. The van der Waals surface area contributed by atoms with Crippen molar-refractivity contribution in [3.05, 3.63) is 29.8 Å². The SMILES string of the molecule is CC(C)(C#N)c1ccc(NCC2CCCCN2)cc1. The first-order chi connectivity index (χ1) is 9.12. The van der Waals surface area contributed by atoms with Gasteiger partial charge in [0, 0.05) is 18.3 Å². The largest absolute Gasteiger partial charge is 0.383 e. The summed E-state index contributed by atoms with van der Waals surface area (Å²) in [6, 6.07) is 11.1. The van der Waals surface area contributed by atoms with E-state index in [-0.39, 0.29) is 0 Å². The number of hydrogen-bond acceptors (Lipinski definition) is 3. The van der Waals surface area contributed by atoms with Crippen molar-refractivity contribution < 1.29 is 0 Å². The normalized spacial score (nSPS) is 19.7. The van der Waals surface area contributed by atoms with Crippen molar-refractivity contribution in [2.24, 2.45) is 0 Å². The van der Waals surface area contributed by atoms with Crippen LogP contribution in [0.3, 0.4) is 0 Å². The van der Waals surface area contributed by atoms with E-state index < -0.39 is 5.41 Å². The maximum Gasteiger partial charge on any atom is 0.0766 e. The van der Waals surface area contributed by atoms with Crippen molar-refractivity contribution in [1.29, 1.82) is 5.26 Å². The zero-order valence-corrected chi connectivity index (χ0v) is 11.9. The average molecular weight is 257 g/mol. The lowest BCUT2D eigenvalue weighted by Gasteiger charge is -2.24. The predicted octanol–water partition coefficient (Wildman–Crippen LogP) is 3.04. The van der Waals surface area contributed by atoms with E-state index in [1.807, 2.05) is 26.0 Å². The number of nitrogens with zero attached hydrogens (tertiary/aromatic N) is 1. The zero-order chi connectivity index (χ0) is 13.7.